The maximum atomic E-state index is 6.42. The Labute approximate surface area is 171 Å². The molecule has 4 heteroatoms. The molecule has 0 aromatic heterocycles. The molecule has 5 rings (SSSR count). The molecule has 0 unspecified atom stereocenters. The van der Waals surface area contributed by atoms with E-state index < -0.39 is 0 Å². The Morgan fingerprint density at radius 3 is 2.52 bits per heavy atom. The highest BCUT2D eigenvalue weighted by Crippen LogP contribution is 2.47. The normalized spacial score (nSPS) is 19.8. The molecule has 2 heterocycles. The van der Waals surface area contributed by atoms with Gasteiger partial charge < -0.3 is 9.47 Å². The zero-order chi connectivity index (χ0) is 19.6. The lowest BCUT2D eigenvalue weighted by atomic mass is 9.96. The van der Waals surface area contributed by atoms with E-state index in [0.717, 1.165) is 42.2 Å². The van der Waals surface area contributed by atoms with Gasteiger partial charge in [0, 0.05) is 17.5 Å². The Hall–Kier alpha value is -3.27. The van der Waals surface area contributed by atoms with Gasteiger partial charge in [0.05, 0.1) is 18.4 Å². The highest BCUT2D eigenvalue weighted by Gasteiger charge is 2.40. The maximum Gasteiger partial charge on any atom is 0.213 e. The van der Waals surface area contributed by atoms with Gasteiger partial charge >= 0.3 is 0 Å². The minimum Gasteiger partial charge on any atom is -0.494 e. The van der Waals surface area contributed by atoms with Crippen LogP contribution in [0.1, 0.15) is 48.7 Å². The first-order valence-corrected chi connectivity index (χ1v) is 10.2. The van der Waals surface area contributed by atoms with Crippen molar-refractivity contribution >= 4 is 5.71 Å². The van der Waals surface area contributed by atoms with E-state index in [-0.39, 0.29) is 12.3 Å². The molecule has 3 aromatic carbocycles. The van der Waals surface area contributed by atoms with Crippen molar-refractivity contribution in [1.29, 1.82) is 0 Å². The zero-order valence-electron chi connectivity index (χ0n) is 16.5. The number of benzene rings is 3. The minimum atomic E-state index is -0.253. The van der Waals surface area contributed by atoms with Crippen molar-refractivity contribution in [1.82, 2.24) is 5.01 Å². The molecule has 2 aliphatic rings. The molecular weight excluding hydrogens is 360 g/mol. The summed E-state index contributed by atoms with van der Waals surface area (Å²) in [6, 6.07) is 27.1. The van der Waals surface area contributed by atoms with Gasteiger partial charge in [-0.25, -0.2) is 5.01 Å². The highest BCUT2D eigenvalue weighted by molar-refractivity contribution is 6.01. The van der Waals surface area contributed by atoms with Gasteiger partial charge in [-0.05, 0) is 42.3 Å². The van der Waals surface area contributed by atoms with E-state index in [9.17, 15) is 0 Å². The van der Waals surface area contributed by atoms with Crippen LogP contribution >= 0.6 is 0 Å². The standard InChI is InChI=1S/C25H24N2O2/c1-2-16-28-20-14-12-19(13-15-20)25-27-23(21-10-6-7-11-24(21)29-25)17-22(26-27)18-8-4-3-5-9-18/h3-15,23,25H,2,16-17H2,1H3/t23-,25+/m0/s1. The molecule has 146 valence electrons. The molecule has 0 amide bonds. The van der Waals surface area contributed by atoms with E-state index in [1.807, 2.05) is 24.3 Å². The van der Waals surface area contributed by atoms with Crippen molar-refractivity contribution in [3.8, 4) is 11.5 Å². The summed E-state index contributed by atoms with van der Waals surface area (Å²) < 4.78 is 12.1. The molecular formula is C25H24N2O2. The number of nitrogens with zero attached hydrogens (tertiary/aromatic N) is 2. The molecule has 0 bridgehead atoms. The molecule has 3 aromatic rings. The second-order valence-electron chi connectivity index (χ2n) is 7.44. The van der Waals surface area contributed by atoms with Gasteiger partial charge in [-0.15, -0.1) is 0 Å². The van der Waals surface area contributed by atoms with Crippen LogP contribution < -0.4 is 9.47 Å². The first-order chi connectivity index (χ1) is 14.3. The van der Waals surface area contributed by atoms with Crippen LogP contribution in [-0.2, 0) is 0 Å². The van der Waals surface area contributed by atoms with Crippen LogP contribution in [0.4, 0.5) is 0 Å². The monoisotopic (exact) mass is 384 g/mol. The predicted molar refractivity (Wildman–Crippen MR) is 114 cm³/mol. The quantitative estimate of drug-likeness (QED) is 0.564. The number of para-hydroxylation sites is 1. The Morgan fingerprint density at radius 1 is 0.966 bits per heavy atom. The SMILES string of the molecule is CCCOc1ccc([C@H]2Oc3ccccc3[C@@H]3CC(c4ccccc4)=NN23)cc1. The Morgan fingerprint density at radius 2 is 1.72 bits per heavy atom. The van der Waals surface area contributed by atoms with Crippen molar-refractivity contribution in [2.45, 2.75) is 32.0 Å². The van der Waals surface area contributed by atoms with E-state index in [1.54, 1.807) is 0 Å². The minimum absolute atomic E-state index is 0.177. The van der Waals surface area contributed by atoms with Crippen molar-refractivity contribution in [2.24, 2.45) is 5.10 Å². The predicted octanol–water partition coefficient (Wildman–Crippen LogP) is 5.72. The molecule has 0 spiro atoms. The third-order valence-corrected chi connectivity index (χ3v) is 5.44. The fraction of sp³-hybridized carbons (Fsp3) is 0.240. The third kappa shape index (κ3) is 3.35. The Bertz CT molecular complexity index is 1010. The number of rotatable bonds is 5. The molecule has 2 atom stereocenters. The van der Waals surface area contributed by atoms with Gasteiger partial charge in [0.2, 0.25) is 6.23 Å². The van der Waals surface area contributed by atoms with Crippen LogP contribution in [-0.4, -0.2) is 17.3 Å². The smallest absolute Gasteiger partial charge is 0.213 e. The average molecular weight is 384 g/mol. The van der Waals surface area contributed by atoms with Crippen LogP contribution in [0.15, 0.2) is 84.0 Å². The highest BCUT2D eigenvalue weighted by atomic mass is 16.5. The summed E-state index contributed by atoms with van der Waals surface area (Å²) >= 11 is 0. The van der Waals surface area contributed by atoms with Crippen molar-refractivity contribution in [2.75, 3.05) is 6.61 Å². The van der Waals surface area contributed by atoms with Gasteiger partial charge in [-0.3, -0.25) is 0 Å². The molecule has 0 fully saturated rings. The summed E-state index contributed by atoms with van der Waals surface area (Å²) in [5.41, 5.74) is 4.54. The summed E-state index contributed by atoms with van der Waals surface area (Å²) in [6.07, 6.45) is 1.62. The second kappa shape index (κ2) is 7.63. The number of hydrazone groups is 1. The Kier molecular flexibility index (Phi) is 4.68. The number of hydrogen-bond acceptors (Lipinski definition) is 4. The summed E-state index contributed by atoms with van der Waals surface area (Å²) in [7, 11) is 0. The largest absolute Gasteiger partial charge is 0.494 e. The molecule has 0 radical (unpaired) electrons. The lowest BCUT2D eigenvalue weighted by Gasteiger charge is -2.38. The van der Waals surface area contributed by atoms with Crippen molar-refractivity contribution in [3.05, 3.63) is 95.6 Å². The van der Waals surface area contributed by atoms with Gasteiger partial charge in [-0.2, -0.15) is 5.10 Å². The summed E-state index contributed by atoms with van der Waals surface area (Å²) in [4.78, 5) is 0. The summed E-state index contributed by atoms with van der Waals surface area (Å²) in [5, 5.41) is 7.12. The van der Waals surface area contributed by atoms with Gasteiger partial charge in [0.1, 0.15) is 11.5 Å². The fourth-order valence-corrected chi connectivity index (χ4v) is 4.01. The number of hydrogen-bond donors (Lipinski definition) is 0. The van der Waals surface area contributed by atoms with Crippen molar-refractivity contribution in [3.63, 3.8) is 0 Å². The molecule has 2 aliphatic heterocycles. The number of fused-ring (bicyclic) bond motifs is 3. The summed E-state index contributed by atoms with van der Waals surface area (Å²) in [5.74, 6) is 1.83. The number of ether oxygens (including phenoxy) is 2. The van der Waals surface area contributed by atoms with E-state index >= 15 is 0 Å². The molecule has 0 aliphatic carbocycles. The second-order valence-corrected chi connectivity index (χ2v) is 7.44. The topological polar surface area (TPSA) is 34.1 Å². The Balaban J connectivity index is 1.50. The van der Waals surface area contributed by atoms with Gasteiger partial charge in [0.15, 0.2) is 0 Å². The lowest BCUT2D eigenvalue weighted by Crippen LogP contribution is -2.33. The van der Waals surface area contributed by atoms with Crippen LogP contribution in [0.2, 0.25) is 0 Å². The van der Waals surface area contributed by atoms with E-state index in [2.05, 4.69) is 66.5 Å². The van der Waals surface area contributed by atoms with Crippen LogP contribution in [0.3, 0.4) is 0 Å². The molecule has 0 N–H and O–H groups in total. The third-order valence-electron chi connectivity index (χ3n) is 5.44. The average Bonchev–Trinajstić information content (AvgIpc) is 3.24. The van der Waals surface area contributed by atoms with Gasteiger partial charge in [0.25, 0.3) is 0 Å². The first-order valence-electron chi connectivity index (χ1n) is 10.2. The van der Waals surface area contributed by atoms with E-state index in [4.69, 9.17) is 14.6 Å². The summed E-state index contributed by atoms with van der Waals surface area (Å²) in [6.45, 7) is 2.84. The fourth-order valence-electron chi connectivity index (χ4n) is 4.01. The maximum absolute atomic E-state index is 6.42. The lowest BCUT2D eigenvalue weighted by molar-refractivity contribution is -0.0190. The van der Waals surface area contributed by atoms with Crippen LogP contribution in [0.5, 0.6) is 11.5 Å². The zero-order valence-corrected chi connectivity index (χ0v) is 16.5. The molecule has 4 nitrogen and oxygen atoms in total. The van der Waals surface area contributed by atoms with Crippen LogP contribution in [0, 0.1) is 0 Å². The van der Waals surface area contributed by atoms with Gasteiger partial charge in [-0.1, -0.05) is 55.5 Å². The molecule has 0 saturated carbocycles. The van der Waals surface area contributed by atoms with E-state index in [0.29, 0.717) is 0 Å². The molecule has 0 saturated heterocycles. The van der Waals surface area contributed by atoms with Crippen molar-refractivity contribution < 1.29 is 9.47 Å². The molecule has 29 heavy (non-hydrogen) atoms. The van der Waals surface area contributed by atoms with Crippen LogP contribution in [0.25, 0.3) is 0 Å². The van der Waals surface area contributed by atoms with E-state index in [1.165, 1.54) is 11.1 Å². The first kappa shape index (κ1) is 17.8.